The summed E-state index contributed by atoms with van der Waals surface area (Å²) in [6.07, 6.45) is 3.67. The Hall–Kier alpha value is -0.710. The zero-order valence-corrected chi connectivity index (χ0v) is 12.2. The van der Waals surface area contributed by atoms with Gasteiger partial charge < -0.3 is 5.32 Å². The Labute approximate surface area is 118 Å². The van der Waals surface area contributed by atoms with Crippen LogP contribution in [0.1, 0.15) is 0 Å². The number of benzene rings is 1. The highest BCUT2D eigenvalue weighted by Gasteiger charge is 2.05. The third kappa shape index (κ3) is 3.15. The van der Waals surface area contributed by atoms with E-state index in [4.69, 9.17) is 11.6 Å². The van der Waals surface area contributed by atoms with Crippen molar-refractivity contribution >= 4 is 50.8 Å². The van der Waals surface area contributed by atoms with Gasteiger partial charge in [-0.2, -0.15) is 0 Å². The van der Waals surface area contributed by atoms with E-state index in [0.29, 0.717) is 5.02 Å². The van der Waals surface area contributed by atoms with Gasteiger partial charge in [0.2, 0.25) is 0 Å². The van der Waals surface area contributed by atoms with Gasteiger partial charge >= 0.3 is 0 Å². The van der Waals surface area contributed by atoms with Crippen LogP contribution in [0, 0.1) is 0 Å². The number of aromatic nitrogens is 1. The molecule has 1 aromatic carbocycles. The van der Waals surface area contributed by atoms with Crippen LogP contribution in [0.3, 0.4) is 0 Å². The SMILES string of the molecule is CSc1ccccc1Nc1ncc(Cl)cc1Br. The van der Waals surface area contributed by atoms with Gasteiger partial charge in [-0.3, -0.25) is 0 Å². The van der Waals surface area contributed by atoms with Crippen LogP contribution in [0.25, 0.3) is 0 Å². The third-order valence-electron chi connectivity index (χ3n) is 2.17. The highest BCUT2D eigenvalue weighted by molar-refractivity contribution is 9.10. The first-order valence-corrected chi connectivity index (χ1v) is 7.31. The normalized spacial score (nSPS) is 10.3. The van der Waals surface area contributed by atoms with Crippen molar-refractivity contribution in [3.8, 4) is 0 Å². The van der Waals surface area contributed by atoms with Crippen molar-refractivity contribution in [2.75, 3.05) is 11.6 Å². The molecule has 0 aliphatic carbocycles. The van der Waals surface area contributed by atoms with Gasteiger partial charge in [-0.1, -0.05) is 23.7 Å². The van der Waals surface area contributed by atoms with Crippen LogP contribution in [-0.2, 0) is 0 Å². The summed E-state index contributed by atoms with van der Waals surface area (Å²) in [6.45, 7) is 0. The molecule has 0 atom stereocenters. The van der Waals surface area contributed by atoms with Crippen molar-refractivity contribution in [1.29, 1.82) is 0 Å². The van der Waals surface area contributed by atoms with E-state index < -0.39 is 0 Å². The summed E-state index contributed by atoms with van der Waals surface area (Å²) >= 11 is 11.0. The topological polar surface area (TPSA) is 24.9 Å². The molecule has 2 nitrogen and oxygen atoms in total. The highest BCUT2D eigenvalue weighted by atomic mass is 79.9. The van der Waals surface area contributed by atoms with Gasteiger partial charge in [-0.15, -0.1) is 11.8 Å². The van der Waals surface area contributed by atoms with E-state index in [0.717, 1.165) is 16.0 Å². The molecule has 0 radical (unpaired) electrons. The Kier molecular flexibility index (Phi) is 4.31. The van der Waals surface area contributed by atoms with E-state index in [9.17, 15) is 0 Å². The Balaban J connectivity index is 2.31. The van der Waals surface area contributed by atoms with Gasteiger partial charge in [0, 0.05) is 11.1 Å². The molecule has 0 saturated heterocycles. The van der Waals surface area contributed by atoms with Gasteiger partial charge in [-0.05, 0) is 40.4 Å². The van der Waals surface area contributed by atoms with Crippen LogP contribution in [-0.4, -0.2) is 11.2 Å². The average Bonchev–Trinajstić information content (AvgIpc) is 2.33. The molecule has 2 rings (SSSR count). The maximum Gasteiger partial charge on any atom is 0.144 e. The molecule has 0 bridgehead atoms. The minimum Gasteiger partial charge on any atom is -0.338 e. The number of nitrogens with one attached hydrogen (secondary N) is 1. The predicted octanol–water partition coefficient (Wildman–Crippen LogP) is 4.96. The number of para-hydroxylation sites is 1. The molecule has 0 unspecified atom stereocenters. The number of thioether (sulfide) groups is 1. The first kappa shape index (κ1) is 12.7. The summed E-state index contributed by atoms with van der Waals surface area (Å²) < 4.78 is 0.848. The lowest BCUT2D eigenvalue weighted by atomic mass is 10.3. The molecule has 0 fully saturated rings. The molecule has 0 spiro atoms. The van der Waals surface area contributed by atoms with Crippen LogP contribution in [0.4, 0.5) is 11.5 Å². The van der Waals surface area contributed by atoms with E-state index in [1.165, 1.54) is 4.90 Å². The number of nitrogens with zero attached hydrogens (tertiary/aromatic N) is 1. The number of rotatable bonds is 3. The third-order valence-corrected chi connectivity index (χ3v) is 3.77. The quantitative estimate of drug-likeness (QED) is 0.805. The molecule has 5 heteroatoms. The molecule has 0 saturated carbocycles. The second-order valence-corrected chi connectivity index (χ2v) is 5.45. The molecular weight excluding hydrogens is 320 g/mol. The lowest BCUT2D eigenvalue weighted by Crippen LogP contribution is -1.95. The van der Waals surface area contributed by atoms with E-state index in [1.54, 1.807) is 18.0 Å². The number of halogens is 2. The maximum absolute atomic E-state index is 5.85. The second kappa shape index (κ2) is 5.76. The molecule has 0 amide bonds. The minimum atomic E-state index is 0.612. The van der Waals surface area contributed by atoms with E-state index >= 15 is 0 Å². The van der Waals surface area contributed by atoms with Gasteiger partial charge in [0.05, 0.1) is 15.2 Å². The molecule has 2 aromatic rings. The van der Waals surface area contributed by atoms with Crippen molar-refractivity contribution in [3.63, 3.8) is 0 Å². The van der Waals surface area contributed by atoms with Crippen molar-refractivity contribution in [2.45, 2.75) is 4.90 Å². The zero-order chi connectivity index (χ0) is 12.3. The molecule has 17 heavy (non-hydrogen) atoms. The lowest BCUT2D eigenvalue weighted by Gasteiger charge is -2.10. The summed E-state index contributed by atoms with van der Waals surface area (Å²) in [5.74, 6) is 0.760. The van der Waals surface area contributed by atoms with Crippen molar-refractivity contribution in [2.24, 2.45) is 0 Å². The fraction of sp³-hybridized carbons (Fsp3) is 0.0833. The van der Waals surface area contributed by atoms with Crippen LogP contribution in [0.2, 0.25) is 5.02 Å². The van der Waals surface area contributed by atoms with Gasteiger partial charge in [0.1, 0.15) is 5.82 Å². The summed E-state index contributed by atoms with van der Waals surface area (Å²) in [5.41, 5.74) is 1.04. The standard InChI is InChI=1S/C12H10BrClN2S/c1-17-11-5-3-2-4-10(11)16-12-9(13)6-8(14)7-15-12/h2-7H,1H3,(H,15,16). The number of hydrogen-bond donors (Lipinski definition) is 1. The van der Waals surface area contributed by atoms with Crippen LogP contribution < -0.4 is 5.32 Å². The zero-order valence-electron chi connectivity index (χ0n) is 9.08. The van der Waals surface area contributed by atoms with Gasteiger partial charge in [0.15, 0.2) is 0 Å². The van der Waals surface area contributed by atoms with Crippen molar-refractivity contribution in [3.05, 3.63) is 46.0 Å². The van der Waals surface area contributed by atoms with E-state index in [1.807, 2.05) is 30.5 Å². The Morgan fingerprint density at radius 2 is 2.12 bits per heavy atom. The minimum absolute atomic E-state index is 0.612. The summed E-state index contributed by atoms with van der Waals surface area (Å²) in [5, 5.41) is 3.89. The van der Waals surface area contributed by atoms with Crippen LogP contribution in [0.15, 0.2) is 45.9 Å². The van der Waals surface area contributed by atoms with Gasteiger partial charge in [0.25, 0.3) is 0 Å². The molecular formula is C12H10BrClN2S. The lowest BCUT2D eigenvalue weighted by molar-refractivity contribution is 1.27. The molecule has 0 aliphatic rings. The van der Waals surface area contributed by atoms with Crippen LogP contribution >= 0.6 is 39.3 Å². The Morgan fingerprint density at radius 3 is 2.82 bits per heavy atom. The summed E-state index contributed by atoms with van der Waals surface area (Å²) in [7, 11) is 0. The first-order valence-electron chi connectivity index (χ1n) is 4.92. The molecule has 0 aliphatic heterocycles. The Morgan fingerprint density at radius 1 is 1.35 bits per heavy atom. The van der Waals surface area contributed by atoms with Crippen LogP contribution in [0.5, 0.6) is 0 Å². The summed E-state index contributed by atoms with van der Waals surface area (Å²) in [6, 6.07) is 9.91. The Bertz CT molecular complexity index is 534. The summed E-state index contributed by atoms with van der Waals surface area (Å²) in [4.78, 5) is 5.43. The number of anilines is 2. The average molecular weight is 330 g/mol. The smallest absolute Gasteiger partial charge is 0.144 e. The van der Waals surface area contributed by atoms with Gasteiger partial charge in [-0.25, -0.2) is 4.98 Å². The maximum atomic E-state index is 5.85. The molecule has 88 valence electrons. The van der Waals surface area contributed by atoms with Crippen molar-refractivity contribution < 1.29 is 0 Å². The van der Waals surface area contributed by atoms with E-state index in [-0.39, 0.29) is 0 Å². The molecule has 1 heterocycles. The van der Waals surface area contributed by atoms with Crippen molar-refractivity contribution in [1.82, 2.24) is 4.98 Å². The largest absolute Gasteiger partial charge is 0.338 e. The molecule has 1 N–H and O–H groups in total. The second-order valence-electron chi connectivity index (χ2n) is 3.31. The van der Waals surface area contributed by atoms with E-state index in [2.05, 4.69) is 32.3 Å². The number of pyridine rings is 1. The number of hydrogen-bond acceptors (Lipinski definition) is 3. The molecule has 1 aromatic heterocycles. The predicted molar refractivity (Wildman–Crippen MR) is 78.5 cm³/mol. The highest BCUT2D eigenvalue weighted by Crippen LogP contribution is 2.30. The first-order chi connectivity index (χ1) is 8.20. The fourth-order valence-corrected chi connectivity index (χ4v) is 2.67. The fourth-order valence-electron chi connectivity index (χ4n) is 1.38. The monoisotopic (exact) mass is 328 g/mol.